The predicted molar refractivity (Wildman–Crippen MR) is 96.7 cm³/mol. The van der Waals surface area contributed by atoms with Crippen molar-refractivity contribution in [3.05, 3.63) is 34.6 Å². The van der Waals surface area contributed by atoms with Gasteiger partial charge in [0.15, 0.2) is 0 Å². The van der Waals surface area contributed by atoms with Crippen LogP contribution in [0.1, 0.15) is 17.3 Å². The van der Waals surface area contributed by atoms with Crippen LogP contribution in [0, 0.1) is 17.7 Å². The highest BCUT2D eigenvalue weighted by Gasteiger charge is 2.33. The average Bonchev–Trinajstić information content (AvgIpc) is 2.52. The first-order valence-corrected chi connectivity index (χ1v) is 8.59. The number of amides is 2. The van der Waals surface area contributed by atoms with E-state index in [4.69, 9.17) is 11.6 Å². The fourth-order valence-electron chi connectivity index (χ4n) is 3.12. The summed E-state index contributed by atoms with van der Waals surface area (Å²) >= 11 is 5.96. The molecule has 3 rings (SSSR count). The second-order valence-corrected chi connectivity index (χ2v) is 6.86. The largest absolute Gasteiger partial charge is 0.339 e. The van der Waals surface area contributed by atoms with E-state index < -0.39 is 5.82 Å². The molecule has 8 heteroatoms. The molecule has 5 nitrogen and oxygen atoms in total. The first-order valence-electron chi connectivity index (χ1n) is 8.21. The molecule has 0 aromatic heterocycles. The van der Waals surface area contributed by atoms with E-state index in [1.54, 1.807) is 4.90 Å². The summed E-state index contributed by atoms with van der Waals surface area (Å²) in [6.07, 6.45) is 0. The normalized spacial score (nSPS) is 19.0. The van der Waals surface area contributed by atoms with Crippen LogP contribution in [-0.2, 0) is 4.79 Å². The van der Waals surface area contributed by atoms with Gasteiger partial charge in [0.05, 0.1) is 10.6 Å². The van der Waals surface area contributed by atoms with Crippen molar-refractivity contribution in [1.82, 2.24) is 15.1 Å². The lowest BCUT2D eigenvalue weighted by molar-refractivity contribution is -0.138. The molecule has 0 bridgehead atoms. The van der Waals surface area contributed by atoms with Gasteiger partial charge < -0.3 is 15.1 Å². The summed E-state index contributed by atoms with van der Waals surface area (Å²) in [4.78, 5) is 28.5. The number of rotatable bonds is 3. The zero-order valence-electron chi connectivity index (χ0n) is 14.0. The summed E-state index contributed by atoms with van der Waals surface area (Å²) in [6, 6.07) is 3.78. The maximum absolute atomic E-state index is 13.1. The van der Waals surface area contributed by atoms with Crippen molar-refractivity contribution in [1.29, 1.82) is 0 Å². The molecule has 0 aliphatic carbocycles. The molecule has 2 saturated heterocycles. The van der Waals surface area contributed by atoms with Gasteiger partial charge in [0.1, 0.15) is 5.82 Å². The third kappa shape index (κ3) is 4.25. The number of carbonyl (C=O) groups excluding carboxylic acids is 2. The third-order valence-corrected chi connectivity index (χ3v) is 5.26. The average molecular weight is 390 g/mol. The maximum atomic E-state index is 13.1. The smallest absolute Gasteiger partial charge is 0.255 e. The van der Waals surface area contributed by atoms with Crippen LogP contribution >= 0.6 is 24.0 Å². The van der Waals surface area contributed by atoms with Gasteiger partial charge in [-0.1, -0.05) is 18.5 Å². The number of piperazine rings is 1. The number of carbonyl (C=O) groups is 2. The summed E-state index contributed by atoms with van der Waals surface area (Å²) in [6.45, 7) is 5.75. The molecule has 1 N–H and O–H groups in total. The molecule has 25 heavy (non-hydrogen) atoms. The lowest BCUT2D eigenvalue weighted by Crippen LogP contribution is -2.55. The van der Waals surface area contributed by atoms with E-state index in [1.807, 2.05) is 11.8 Å². The molecule has 0 saturated carbocycles. The van der Waals surface area contributed by atoms with Crippen LogP contribution in [0.5, 0.6) is 0 Å². The molecule has 2 aliphatic rings. The predicted octanol–water partition coefficient (Wildman–Crippen LogP) is 2.04. The summed E-state index contributed by atoms with van der Waals surface area (Å²) in [5, 5.41) is 3.30. The molecule has 1 aromatic carbocycles. The van der Waals surface area contributed by atoms with Crippen LogP contribution in [0.25, 0.3) is 0 Å². The van der Waals surface area contributed by atoms with Gasteiger partial charge in [0.25, 0.3) is 5.91 Å². The number of benzene rings is 1. The van der Waals surface area contributed by atoms with Crippen molar-refractivity contribution < 1.29 is 14.0 Å². The monoisotopic (exact) mass is 389 g/mol. The van der Waals surface area contributed by atoms with Gasteiger partial charge in [0, 0.05) is 32.1 Å². The van der Waals surface area contributed by atoms with Crippen molar-refractivity contribution in [2.24, 2.45) is 11.8 Å². The molecule has 0 spiro atoms. The van der Waals surface area contributed by atoms with Crippen LogP contribution in [0.2, 0.25) is 5.02 Å². The minimum absolute atomic E-state index is 0. The van der Waals surface area contributed by atoms with Crippen LogP contribution in [-0.4, -0.2) is 60.9 Å². The molecule has 2 heterocycles. The number of nitrogens with one attached hydrogen (secondary N) is 1. The second kappa shape index (κ2) is 8.34. The van der Waals surface area contributed by atoms with E-state index in [1.165, 1.54) is 12.1 Å². The minimum Gasteiger partial charge on any atom is -0.339 e. The van der Waals surface area contributed by atoms with Crippen molar-refractivity contribution in [2.75, 3.05) is 39.3 Å². The van der Waals surface area contributed by atoms with E-state index in [0.717, 1.165) is 19.2 Å². The lowest BCUT2D eigenvalue weighted by Gasteiger charge is -2.39. The Kier molecular flexibility index (Phi) is 6.65. The standard InChI is InChI=1S/C17H21ClFN3O2.ClH/c1-11(12-9-20-10-12)16(23)21-4-6-22(7-5-21)17(24)14-3-2-13(19)8-15(14)18;/h2-3,8,11-12,20H,4-7,9-10H2,1H3;1H. The molecule has 2 amide bonds. The molecule has 1 unspecified atom stereocenters. The molecular weight excluding hydrogens is 368 g/mol. The van der Waals surface area contributed by atoms with Gasteiger partial charge in [-0.15, -0.1) is 12.4 Å². The lowest BCUT2D eigenvalue weighted by atomic mass is 9.88. The summed E-state index contributed by atoms with van der Waals surface area (Å²) in [5.74, 6) is -0.0987. The molecule has 1 atom stereocenters. The zero-order valence-corrected chi connectivity index (χ0v) is 15.6. The van der Waals surface area contributed by atoms with Gasteiger partial charge >= 0.3 is 0 Å². The van der Waals surface area contributed by atoms with E-state index in [0.29, 0.717) is 37.7 Å². The van der Waals surface area contributed by atoms with E-state index in [2.05, 4.69) is 5.32 Å². The fraction of sp³-hybridized carbons (Fsp3) is 0.529. The molecule has 1 aromatic rings. The first kappa shape index (κ1) is 19.9. The highest BCUT2D eigenvalue weighted by Crippen LogP contribution is 2.22. The van der Waals surface area contributed by atoms with Gasteiger partial charge in [0.2, 0.25) is 5.91 Å². The summed E-state index contributed by atoms with van der Waals surface area (Å²) in [5.41, 5.74) is 0.298. The molecular formula is C17H22Cl2FN3O2. The third-order valence-electron chi connectivity index (χ3n) is 4.95. The van der Waals surface area contributed by atoms with Crippen molar-refractivity contribution in [3.8, 4) is 0 Å². The Morgan fingerprint density at radius 3 is 2.32 bits per heavy atom. The SMILES string of the molecule is CC(C(=O)N1CCN(C(=O)c2ccc(F)cc2Cl)CC1)C1CNC1.Cl. The van der Waals surface area contributed by atoms with Gasteiger partial charge in [-0.2, -0.15) is 0 Å². The fourth-order valence-corrected chi connectivity index (χ4v) is 3.37. The van der Waals surface area contributed by atoms with Crippen molar-refractivity contribution in [2.45, 2.75) is 6.92 Å². The first-order chi connectivity index (χ1) is 11.5. The van der Waals surface area contributed by atoms with Crippen molar-refractivity contribution in [3.63, 3.8) is 0 Å². The Morgan fingerprint density at radius 2 is 1.80 bits per heavy atom. The van der Waals surface area contributed by atoms with Gasteiger partial charge in [-0.05, 0) is 37.2 Å². The van der Waals surface area contributed by atoms with E-state index in [9.17, 15) is 14.0 Å². The Balaban J connectivity index is 0.00000225. The summed E-state index contributed by atoms with van der Waals surface area (Å²) in [7, 11) is 0. The number of halogens is 3. The quantitative estimate of drug-likeness (QED) is 0.860. The molecule has 0 radical (unpaired) electrons. The van der Waals surface area contributed by atoms with Crippen LogP contribution < -0.4 is 5.32 Å². The van der Waals surface area contributed by atoms with Crippen LogP contribution in [0.15, 0.2) is 18.2 Å². The Hall–Kier alpha value is -1.37. The van der Waals surface area contributed by atoms with Gasteiger partial charge in [-0.25, -0.2) is 4.39 Å². The second-order valence-electron chi connectivity index (χ2n) is 6.45. The summed E-state index contributed by atoms with van der Waals surface area (Å²) < 4.78 is 13.1. The van der Waals surface area contributed by atoms with Crippen LogP contribution in [0.4, 0.5) is 4.39 Å². The maximum Gasteiger partial charge on any atom is 0.255 e. The highest BCUT2D eigenvalue weighted by molar-refractivity contribution is 6.33. The molecule has 2 fully saturated rings. The number of nitrogens with zero attached hydrogens (tertiary/aromatic N) is 2. The Bertz CT molecular complexity index is 647. The minimum atomic E-state index is -0.466. The topological polar surface area (TPSA) is 52.7 Å². The van der Waals surface area contributed by atoms with E-state index >= 15 is 0 Å². The Morgan fingerprint density at radius 1 is 1.20 bits per heavy atom. The number of hydrogen-bond donors (Lipinski definition) is 1. The number of hydrogen-bond acceptors (Lipinski definition) is 3. The molecule has 138 valence electrons. The zero-order chi connectivity index (χ0) is 17.3. The van der Waals surface area contributed by atoms with Gasteiger partial charge in [-0.3, -0.25) is 9.59 Å². The molecule has 2 aliphatic heterocycles. The van der Waals surface area contributed by atoms with E-state index in [-0.39, 0.29) is 35.2 Å². The highest BCUT2D eigenvalue weighted by atomic mass is 35.5. The van der Waals surface area contributed by atoms with Crippen LogP contribution in [0.3, 0.4) is 0 Å². The van der Waals surface area contributed by atoms with Crippen molar-refractivity contribution >= 4 is 35.8 Å². The Labute approximate surface area is 157 Å².